The van der Waals surface area contributed by atoms with Crippen LogP contribution in [0, 0.1) is 18.6 Å². The smallest absolute Gasteiger partial charge is 0.173 e. The number of rotatable bonds is 6. The van der Waals surface area contributed by atoms with Gasteiger partial charge >= 0.3 is 0 Å². The summed E-state index contributed by atoms with van der Waals surface area (Å²) in [5.74, 6) is -0.447. The molecule has 5 rings (SSSR count). The van der Waals surface area contributed by atoms with Gasteiger partial charge in [-0.3, -0.25) is 4.57 Å². The van der Waals surface area contributed by atoms with Crippen molar-refractivity contribution in [2.75, 3.05) is 6.61 Å². The molecule has 1 atom stereocenters. The van der Waals surface area contributed by atoms with Gasteiger partial charge in [0, 0.05) is 27.0 Å². The molecular weight excluding hydrogens is 521 g/mol. The van der Waals surface area contributed by atoms with E-state index < -0.39 is 5.41 Å². The molecule has 1 heterocycles. The molecule has 0 saturated heterocycles. The number of halogens is 4. The highest BCUT2D eigenvalue weighted by atomic mass is 35.5. The van der Waals surface area contributed by atoms with Crippen LogP contribution in [-0.4, -0.2) is 21.3 Å². The summed E-state index contributed by atoms with van der Waals surface area (Å²) in [4.78, 5) is 4.96. The summed E-state index contributed by atoms with van der Waals surface area (Å²) in [6.07, 6.45) is 2.30. The van der Waals surface area contributed by atoms with Crippen LogP contribution in [0.3, 0.4) is 0 Å². The van der Waals surface area contributed by atoms with Gasteiger partial charge in [-0.05, 0) is 79.8 Å². The normalized spacial score (nSPS) is 17.3. The van der Waals surface area contributed by atoms with Crippen molar-refractivity contribution in [2.45, 2.75) is 42.5 Å². The number of aliphatic hydroxyl groups is 1. The first-order valence-corrected chi connectivity index (χ1v) is 13.4. The Morgan fingerprint density at radius 1 is 1.06 bits per heavy atom. The number of thioether (sulfide) groups is 1. The van der Waals surface area contributed by atoms with E-state index in [0.717, 1.165) is 41.0 Å². The number of aryl methyl sites for hydroxylation is 2. The van der Waals surface area contributed by atoms with Gasteiger partial charge in [0.25, 0.3) is 0 Å². The third-order valence-electron chi connectivity index (χ3n) is 6.86. The first-order chi connectivity index (χ1) is 17.3. The molecule has 1 aliphatic carbocycles. The number of fused-ring (bicyclic) bond motifs is 1. The predicted octanol–water partition coefficient (Wildman–Crippen LogP) is 7.67. The Morgan fingerprint density at radius 3 is 2.53 bits per heavy atom. The summed E-state index contributed by atoms with van der Waals surface area (Å²) in [6, 6.07) is 16.6. The Kier molecular flexibility index (Phi) is 7.14. The van der Waals surface area contributed by atoms with E-state index >= 15 is 0 Å². The van der Waals surface area contributed by atoms with Crippen LogP contribution in [0.25, 0.3) is 5.69 Å². The summed E-state index contributed by atoms with van der Waals surface area (Å²) in [5.41, 5.74) is 4.01. The Labute approximate surface area is 223 Å². The van der Waals surface area contributed by atoms with Gasteiger partial charge in [0.1, 0.15) is 11.6 Å². The van der Waals surface area contributed by atoms with Crippen LogP contribution in [0.5, 0.6) is 0 Å². The zero-order valence-corrected chi connectivity index (χ0v) is 21.9. The fourth-order valence-corrected chi connectivity index (χ4v) is 6.48. The van der Waals surface area contributed by atoms with Crippen molar-refractivity contribution in [3.05, 3.63) is 110 Å². The van der Waals surface area contributed by atoms with E-state index in [1.807, 2.05) is 29.7 Å². The molecule has 0 radical (unpaired) electrons. The van der Waals surface area contributed by atoms with Crippen molar-refractivity contribution >= 4 is 35.0 Å². The van der Waals surface area contributed by atoms with Crippen LogP contribution in [0.2, 0.25) is 10.0 Å². The molecule has 36 heavy (non-hydrogen) atoms. The average Bonchev–Trinajstić information content (AvgIpc) is 3.25. The maximum atomic E-state index is 14.5. The van der Waals surface area contributed by atoms with Crippen LogP contribution in [0.1, 0.15) is 40.9 Å². The standard InChI is InChI=1S/C28H24Cl2F2N2OS/c1-17-14-18(7-12-22(17)29)28(16-35)13-3-6-25-26(28)34(20-10-8-19(31)9-11-20)27(33-25)36-15-21-23(30)4-2-5-24(21)32/h2,4-5,7-12,14,35H,3,6,13,15-16H2,1H3. The van der Waals surface area contributed by atoms with Crippen molar-refractivity contribution < 1.29 is 13.9 Å². The highest BCUT2D eigenvalue weighted by Crippen LogP contribution is 2.46. The van der Waals surface area contributed by atoms with Gasteiger partial charge in [0.15, 0.2) is 5.16 Å². The largest absolute Gasteiger partial charge is 0.395 e. The highest BCUT2D eigenvalue weighted by molar-refractivity contribution is 7.98. The number of aliphatic hydroxyl groups excluding tert-OH is 1. The van der Waals surface area contributed by atoms with Crippen molar-refractivity contribution in [2.24, 2.45) is 0 Å². The molecule has 186 valence electrons. The van der Waals surface area contributed by atoms with E-state index in [0.29, 0.717) is 27.2 Å². The Hall–Kier alpha value is -2.38. The second-order valence-corrected chi connectivity index (χ2v) is 10.8. The lowest BCUT2D eigenvalue weighted by Gasteiger charge is -2.37. The van der Waals surface area contributed by atoms with Gasteiger partial charge in [-0.2, -0.15) is 0 Å². The molecule has 0 spiro atoms. The molecule has 0 fully saturated rings. The molecule has 1 aliphatic rings. The molecule has 3 nitrogen and oxygen atoms in total. The number of nitrogens with zero attached hydrogens (tertiary/aromatic N) is 2. The summed E-state index contributed by atoms with van der Waals surface area (Å²) in [5, 5.41) is 12.6. The second-order valence-electron chi connectivity index (χ2n) is 9.05. The average molecular weight is 545 g/mol. The first kappa shape index (κ1) is 25.3. The van der Waals surface area contributed by atoms with Gasteiger partial charge in [-0.1, -0.05) is 53.2 Å². The molecule has 0 amide bonds. The zero-order chi connectivity index (χ0) is 25.4. The van der Waals surface area contributed by atoms with Crippen LogP contribution < -0.4 is 0 Å². The van der Waals surface area contributed by atoms with Crippen LogP contribution in [0.4, 0.5) is 8.78 Å². The van der Waals surface area contributed by atoms with E-state index in [2.05, 4.69) is 0 Å². The van der Waals surface area contributed by atoms with Crippen molar-refractivity contribution in [1.82, 2.24) is 9.55 Å². The fraction of sp³-hybridized carbons (Fsp3) is 0.250. The molecule has 1 N–H and O–H groups in total. The van der Waals surface area contributed by atoms with E-state index in [1.54, 1.807) is 24.3 Å². The quantitative estimate of drug-likeness (QED) is 0.253. The lowest BCUT2D eigenvalue weighted by molar-refractivity contribution is 0.197. The Morgan fingerprint density at radius 2 is 1.83 bits per heavy atom. The summed E-state index contributed by atoms with van der Waals surface area (Å²) < 4.78 is 30.3. The van der Waals surface area contributed by atoms with Crippen molar-refractivity contribution in [3.63, 3.8) is 0 Å². The molecule has 3 aromatic carbocycles. The van der Waals surface area contributed by atoms with Crippen LogP contribution >= 0.6 is 35.0 Å². The second kappa shape index (κ2) is 10.2. The lowest BCUT2D eigenvalue weighted by atomic mass is 9.70. The molecule has 4 aromatic rings. The van der Waals surface area contributed by atoms with Crippen molar-refractivity contribution in [3.8, 4) is 5.69 Å². The van der Waals surface area contributed by atoms with E-state index in [4.69, 9.17) is 28.2 Å². The molecule has 1 unspecified atom stereocenters. The van der Waals surface area contributed by atoms with Gasteiger partial charge in [-0.25, -0.2) is 13.8 Å². The monoisotopic (exact) mass is 544 g/mol. The summed E-state index contributed by atoms with van der Waals surface area (Å²) >= 11 is 14.0. The molecule has 8 heteroatoms. The van der Waals surface area contributed by atoms with Crippen LogP contribution in [-0.2, 0) is 17.6 Å². The van der Waals surface area contributed by atoms with Gasteiger partial charge in [-0.15, -0.1) is 0 Å². The van der Waals surface area contributed by atoms with E-state index in [1.165, 1.54) is 30.0 Å². The van der Waals surface area contributed by atoms with Crippen LogP contribution in [0.15, 0.2) is 65.8 Å². The molecule has 0 aliphatic heterocycles. The summed E-state index contributed by atoms with van der Waals surface area (Å²) in [6.45, 7) is 1.81. The topological polar surface area (TPSA) is 38.1 Å². The minimum absolute atomic E-state index is 0.128. The Bertz CT molecular complexity index is 1400. The number of hydrogen-bond donors (Lipinski definition) is 1. The van der Waals surface area contributed by atoms with Gasteiger partial charge < -0.3 is 5.11 Å². The first-order valence-electron chi connectivity index (χ1n) is 11.7. The zero-order valence-electron chi connectivity index (χ0n) is 19.6. The maximum Gasteiger partial charge on any atom is 0.173 e. The minimum atomic E-state index is -0.723. The number of hydrogen-bond acceptors (Lipinski definition) is 3. The maximum absolute atomic E-state index is 14.5. The predicted molar refractivity (Wildman–Crippen MR) is 141 cm³/mol. The van der Waals surface area contributed by atoms with Crippen molar-refractivity contribution in [1.29, 1.82) is 0 Å². The van der Waals surface area contributed by atoms with Gasteiger partial charge in [0.05, 0.1) is 23.4 Å². The molecule has 0 saturated carbocycles. The number of benzene rings is 3. The molecule has 0 bridgehead atoms. The third kappa shape index (κ3) is 4.45. The third-order valence-corrected chi connectivity index (χ3v) is 8.61. The molecule has 1 aromatic heterocycles. The highest BCUT2D eigenvalue weighted by Gasteiger charge is 2.43. The minimum Gasteiger partial charge on any atom is -0.395 e. The van der Waals surface area contributed by atoms with E-state index in [-0.39, 0.29) is 24.0 Å². The molecular formula is C28H24Cl2F2N2OS. The number of aromatic nitrogens is 2. The number of imidazole rings is 1. The van der Waals surface area contributed by atoms with Gasteiger partial charge in [0.2, 0.25) is 0 Å². The fourth-order valence-electron chi connectivity index (χ4n) is 4.99. The summed E-state index contributed by atoms with van der Waals surface area (Å²) in [7, 11) is 0. The Balaban J connectivity index is 1.69. The SMILES string of the molecule is Cc1cc(C2(CO)CCCc3nc(SCc4c(F)cccc4Cl)n(-c4ccc(F)cc4)c32)ccc1Cl. The van der Waals surface area contributed by atoms with E-state index in [9.17, 15) is 13.9 Å². The lowest BCUT2D eigenvalue weighted by Crippen LogP contribution is -2.38.